The molecule has 1 aliphatic heterocycles. The van der Waals surface area contributed by atoms with Crippen LogP contribution in [0.2, 0.25) is 0 Å². The number of hydrogen-bond acceptors (Lipinski definition) is 5. The molecule has 2 atom stereocenters. The molecular formula is C12H21NO5S. The second-order valence-electron chi connectivity index (χ2n) is 5.29. The standard InChI is InChI=1S/C12H21NO5S/c1-8(2)11(12(15)18-3)13-10(14)6-9-4-5-19(16,17)7-9/h8-9,11H,4-7H2,1-3H3,(H,13,14). The molecule has 0 aliphatic carbocycles. The summed E-state index contributed by atoms with van der Waals surface area (Å²) < 4.78 is 27.2. The van der Waals surface area contributed by atoms with Gasteiger partial charge in [-0.3, -0.25) is 4.79 Å². The molecule has 2 unspecified atom stereocenters. The molecule has 0 bridgehead atoms. The van der Waals surface area contributed by atoms with E-state index in [-0.39, 0.29) is 35.7 Å². The zero-order valence-electron chi connectivity index (χ0n) is 11.5. The number of amides is 1. The van der Waals surface area contributed by atoms with Crippen molar-refractivity contribution in [2.45, 2.75) is 32.7 Å². The molecular weight excluding hydrogens is 270 g/mol. The molecule has 1 amide bonds. The minimum absolute atomic E-state index is 0.0605. The lowest BCUT2D eigenvalue weighted by Crippen LogP contribution is -2.45. The normalized spacial score (nSPS) is 23.1. The Balaban J connectivity index is 2.52. The first kappa shape index (κ1) is 15.9. The van der Waals surface area contributed by atoms with Crippen molar-refractivity contribution in [3.8, 4) is 0 Å². The van der Waals surface area contributed by atoms with Crippen LogP contribution < -0.4 is 5.32 Å². The van der Waals surface area contributed by atoms with Crippen molar-refractivity contribution in [2.24, 2.45) is 11.8 Å². The second-order valence-corrected chi connectivity index (χ2v) is 7.51. The Kier molecular flexibility index (Phi) is 5.34. The summed E-state index contributed by atoms with van der Waals surface area (Å²) in [6, 6.07) is -0.685. The van der Waals surface area contributed by atoms with Gasteiger partial charge in [-0.1, -0.05) is 13.8 Å². The molecule has 1 N–H and O–H groups in total. The summed E-state index contributed by atoms with van der Waals surface area (Å²) in [6.07, 6.45) is 0.653. The SMILES string of the molecule is COC(=O)C(NC(=O)CC1CCS(=O)(=O)C1)C(C)C. The van der Waals surface area contributed by atoms with E-state index in [4.69, 9.17) is 0 Å². The fourth-order valence-electron chi connectivity index (χ4n) is 2.15. The number of ether oxygens (including phenoxy) is 1. The lowest BCUT2D eigenvalue weighted by Gasteiger charge is -2.20. The van der Waals surface area contributed by atoms with E-state index in [2.05, 4.69) is 10.1 Å². The maximum absolute atomic E-state index is 11.8. The van der Waals surface area contributed by atoms with E-state index in [0.29, 0.717) is 6.42 Å². The predicted octanol–water partition coefficient (Wildman–Crippen LogP) is 0.125. The Hall–Kier alpha value is -1.11. The van der Waals surface area contributed by atoms with Gasteiger partial charge in [-0.2, -0.15) is 0 Å². The lowest BCUT2D eigenvalue weighted by atomic mass is 10.0. The minimum Gasteiger partial charge on any atom is -0.467 e. The van der Waals surface area contributed by atoms with E-state index >= 15 is 0 Å². The maximum Gasteiger partial charge on any atom is 0.328 e. The van der Waals surface area contributed by atoms with Crippen LogP contribution in [0.15, 0.2) is 0 Å². The van der Waals surface area contributed by atoms with Crippen LogP contribution in [0.1, 0.15) is 26.7 Å². The predicted molar refractivity (Wildman–Crippen MR) is 70.2 cm³/mol. The minimum atomic E-state index is -2.98. The van der Waals surface area contributed by atoms with E-state index < -0.39 is 21.8 Å². The van der Waals surface area contributed by atoms with Crippen LogP contribution in [0, 0.1) is 11.8 Å². The Morgan fingerprint density at radius 2 is 2.00 bits per heavy atom. The smallest absolute Gasteiger partial charge is 0.328 e. The zero-order chi connectivity index (χ0) is 14.6. The molecule has 19 heavy (non-hydrogen) atoms. The van der Waals surface area contributed by atoms with Gasteiger partial charge in [0.05, 0.1) is 18.6 Å². The van der Waals surface area contributed by atoms with Crippen LogP contribution in [-0.2, 0) is 24.2 Å². The fourth-order valence-corrected chi connectivity index (χ4v) is 4.01. The van der Waals surface area contributed by atoms with Crippen LogP contribution in [0.5, 0.6) is 0 Å². The Labute approximate surface area is 113 Å². The average molecular weight is 291 g/mol. The highest BCUT2D eigenvalue weighted by molar-refractivity contribution is 7.91. The third-order valence-electron chi connectivity index (χ3n) is 3.24. The van der Waals surface area contributed by atoms with Crippen LogP contribution in [0.4, 0.5) is 0 Å². The van der Waals surface area contributed by atoms with Gasteiger partial charge < -0.3 is 10.1 Å². The van der Waals surface area contributed by atoms with Gasteiger partial charge in [-0.25, -0.2) is 13.2 Å². The number of hydrogen-bond donors (Lipinski definition) is 1. The van der Waals surface area contributed by atoms with Crippen molar-refractivity contribution in [3.05, 3.63) is 0 Å². The number of carbonyl (C=O) groups excluding carboxylic acids is 2. The maximum atomic E-state index is 11.8. The van der Waals surface area contributed by atoms with Crippen molar-refractivity contribution in [2.75, 3.05) is 18.6 Å². The molecule has 0 aromatic rings. The molecule has 1 aliphatic rings. The highest BCUT2D eigenvalue weighted by atomic mass is 32.2. The highest BCUT2D eigenvalue weighted by Crippen LogP contribution is 2.21. The average Bonchev–Trinajstić information content (AvgIpc) is 2.64. The van der Waals surface area contributed by atoms with Gasteiger partial charge in [0.15, 0.2) is 9.84 Å². The van der Waals surface area contributed by atoms with E-state index in [1.165, 1.54) is 7.11 Å². The Morgan fingerprint density at radius 3 is 2.42 bits per heavy atom. The molecule has 0 saturated carbocycles. The summed E-state index contributed by atoms with van der Waals surface area (Å²) in [6.45, 7) is 3.61. The van der Waals surface area contributed by atoms with Gasteiger partial charge in [-0.05, 0) is 18.3 Å². The van der Waals surface area contributed by atoms with Gasteiger partial charge in [0.2, 0.25) is 5.91 Å². The number of rotatable bonds is 5. The summed E-state index contributed by atoms with van der Waals surface area (Å²) in [5.74, 6) is -0.798. The molecule has 6 nitrogen and oxygen atoms in total. The van der Waals surface area contributed by atoms with Gasteiger partial charge in [0.1, 0.15) is 6.04 Å². The third kappa shape index (κ3) is 4.81. The lowest BCUT2D eigenvalue weighted by molar-refractivity contribution is -0.146. The number of esters is 1. The molecule has 1 saturated heterocycles. The monoisotopic (exact) mass is 291 g/mol. The van der Waals surface area contributed by atoms with Crippen molar-refractivity contribution >= 4 is 21.7 Å². The van der Waals surface area contributed by atoms with Gasteiger partial charge in [0.25, 0.3) is 0 Å². The number of carbonyl (C=O) groups is 2. The van der Waals surface area contributed by atoms with Crippen molar-refractivity contribution in [1.29, 1.82) is 0 Å². The number of sulfone groups is 1. The van der Waals surface area contributed by atoms with Crippen LogP contribution in [0.3, 0.4) is 0 Å². The quantitative estimate of drug-likeness (QED) is 0.727. The first-order chi connectivity index (χ1) is 8.75. The zero-order valence-corrected chi connectivity index (χ0v) is 12.3. The molecule has 110 valence electrons. The van der Waals surface area contributed by atoms with Crippen LogP contribution >= 0.6 is 0 Å². The molecule has 1 heterocycles. The van der Waals surface area contributed by atoms with E-state index in [0.717, 1.165) is 0 Å². The van der Waals surface area contributed by atoms with Crippen LogP contribution in [-0.4, -0.2) is 45.0 Å². The largest absolute Gasteiger partial charge is 0.467 e. The molecule has 0 aromatic heterocycles. The summed E-state index contributed by atoms with van der Waals surface area (Å²) >= 11 is 0. The number of methoxy groups -OCH3 is 1. The summed E-state index contributed by atoms with van der Waals surface area (Å²) in [5, 5.41) is 2.61. The first-order valence-corrected chi connectivity index (χ1v) is 8.15. The molecule has 0 aromatic carbocycles. The molecule has 1 rings (SSSR count). The highest BCUT2D eigenvalue weighted by Gasteiger charge is 2.31. The molecule has 7 heteroatoms. The number of nitrogens with one attached hydrogen (secondary N) is 1. The summed E-state index contributed by atoms with van der Waals surface area (Å²) in [5.41, 5.74) is 0. The first-order valence-electron chi connectivity index (χ1n) is 6.32. The molecule has 1 fully saturated rings. The van der Waals surface area contributed by atoms with Gasteiger partial charge >= 0.3 is 5.97 Å². The summed E-state index contributed by atoms with van der Waals surface area (Å²) in [7, 11) is -1.71. The molecule has 0 spiro atoms. The van der Waals surface area contributed by atoms with Crippen molar-refractivity contribution < 1.29 is 22.7 Å². The topological polar surface area (TPSA) is 89.5 Å². The third-order valence-corrected chi connectivity index (χ3v) is 5.08. The fraction of sp³-hybridized carbons (Fsp3) is 0.833. The second kappa shape index (κ2) is 6.36. The van der Waals surface area contributed by atoms with Gasteiger partial charge in [-0.15, -0.1) is 0 Å². The van der Waals surface area contributed by atoms with Crippen molar-refractivity contribution in [3.63, 3.8) is 0 Å². The van der Waals surface area contributed by atoms with E-state index in [9.17, 15) is 18.0 Å². The Bertz CT molecular complexity index is 443. The van der Waals surface area contributed by atoms with Gasteiger partial charge in [0, 0.05) is 6.42 Å². The van der Waals surface area contributed by atoms with Crippen molar-refractivity contribution in [1.82, 2.24) is 5.32 Å². The van der Waals surface area contributed by atoms with Crippen LogP contribution in [0.25, 0.3) is 0 Å². The Morgan fingerprint density at radius 1 is 1.37 bits per heavy atom. The molecule has 0 radical (unpaired) electrons. The summed E-state index contributed by atoms with van der Waals surface area (Å²) in [4.78, 5) is 23.3. The van der Waals surface area contributed by atoms with E-state index in [1.807, 2.05) is 13.8 Å². The van der Waals surface area contributed by atoms with E-state index in [1.54, 1.807) is 0 Å².